The second-order valence-electron chi connectivity index (χ2n) is 4.22. The number of benzene rings is 1. The topological polar surface area (TPSA) is 63.8 Å². The van der Waals surface area contributed by atoms with E-state index >= 15 is 0 Å². The number of hydrogen-bond acceptors (Lipinski definition) is 5. The van der Waals surface area contributed by atoms with Crippen LogP contribution in [0.3, 0.4) is 0 Å². The van der Waals surface area contributed by atoms with Crippen molar-refractivity contribution in [2.45, 2.75) is 6.92 Å². The number of rotatable bonds is 4. The first-order valence-electron chi connectivity index (χ1n) is 6.47. The highest BCUT2D eigenvalue weighted by Crippen LogP contribution is 2.26. The molecule has 5 nitrogen and oxygen atoms in total. The summed E-state index contributed by atoms with van der Waals surface area (Å²) in [5.41, 5.74) is 1.74. The Hall–Kier alpha value is -2.69. The predicted octanol–water partition coefficient (Wildman–Crippen LogP) is 3.23. The van der Waals surface area contributed by atoms with Crippen LogP contribution in [0.1, 0.15) is 6.92 Å². The van der Waals surface area contributed by atoms with E-state index in [2.05, 4.69) is 20.4 Å². The van der Waals surface area contributed by atoms with Gasteiger partial charge in [0.15, 0.2) is 0 Å². The van der Waals surface area contributed by atoms with Gasteiger partial charge in [-0.15, -0.1) is 0 Å². The Kier molecular flexibility index (Phi) is 3.41. The number of nitrogens with zero attached hydrogens (tertiary/aromatic N) is 3. The van der Waals surface area contributed by atoms with Gasteiger partial charge in [0.25, 0.3) is 5.89 Å². The molecule has 3 aromatic rings. The van der Waals surface area contributed by atoms with Crippen LogP contribution >= 0.6 is 0 Å². The van der Waals surface area contributed by atoms with Crippen LogP contribution in [0.15, 0.2) is 53.2 Å². The van der Waals surface area contributed by atoms with Crippen molar-refractivity contribution in [3.05, 3.63) is 48.7 Å². The second kappa shape index (κ2) is 5.52. The maximum absolute atomic E-state index is 5.35. The van der Waals surface area contributed by atoms with Gasteiger partial charge in [0.1, 0.15) is 5.82 Å². The number of aromatic nitrogens is 3. The van der Waals surface area contributed by atoms with Gasteiger partial charge < -0.3 is 9.84 Å². The number of hydrogen-bond donors (Lipinski definition) is 1. The molecule has 1 aromatic carbocycles. The molecule has 0 fully saturated rings. The van der Waals surface area contributed by atoms with Crippen molar-refractivity contribution >= 4 is 5.82 Å². The molecule has 20 heavy (non-hydrogen) atoms. The zero-order valence-electron chi connectivity index (χ0n) is 11.1. The lowest BCUT2D eigenvalue weighted by Gasteiger charge is -2.04. The zero-order valence-corrected chi connectivity index (χ0v) is 11.1. The predicted molar refractivity (Wildman–Crippen MR) is 77.1 cm³/mol. The van der Waals surface area contributed by atoms with Gasteiger partial charge in [0.2, 0.25) is 5.82 Å². The Balaban J connectivity index is 1.98. The van der Waals surface area contributed by atoms with Crippen LogP contribution in [0.25, 0.3) is 22.8 Å². The van der Waals surface area contributed by atoms with Gasteiger partial charge in [-0.3, -0.25) is 0 Å². The molecule has 0 aliphatic heterocycles. The molecule has 0 aliphatic carbocycles. The maximum Gasteiger partial charge on any atom is 0.261 e. The molecule has 0 bridgehead atoms. The fourth-order valence-corrected chi connectivity index (χ4v) is 1.92. The van der Waals surface area contributed by atoms with Crippen LogP contribution in [-0.4, -0.2) is 21.7 Å². The monoisotopic (exact) mass is 266 g/mol. The second-order valence-corrected chi connectivity index (χ2v) is 4.22. The summed E-state index contributed by atoms with van der Waals surface area (Å²) in [6.07, 6.45) is 1.73. The molecule has 0 saturated carbocycles. The van der Waals surface area contributed by atoms with Gasteiger partial charge in [-0.2, -0.15) is 4.98 Å². The molecule has 5 heteroatoms. The van der Waals surface area contributed by atoms with Gasteiger partial charge in [-0.05, 0) is 19.1 Å². The van der Waals surface area contributed by atoms with Gasteiger partial charge in [0, 0.05) is 18.3 Å². The summed E-state index contributed by atoms with van der Waals surface area (Å²) in [6, 6.07) is 13.5. The lowest BCUT2D eigenvalue weighted by molar-refractivity contribution is 0.432. The molecular formula is C15H14N4O. The molecule has 1 N–H and O–H groups in total. The average Bonchev–Trinajstić information content (AvgIpc) is 2.99. The van der Waals surface area contributed by atoms with Gasteiger partial charge in [-0.25, -0.2) is 4.98 Å². The number of pyridine rings is 1. The van der Waals surface area contributed by atoms with Crippen molar-refractivity contribution in [2.75, 3.05) is 11.9 Å². The summed E-state index contributed by atoms with van der Waals surface area (Å²) in [5, 5.41) is 7.21. The van der Waals surface area contributed by atoms with E-state index in [-0.39, 0.29) is 0 Å². The summed E-state index contributed by atoms with van der Waals surface area (Å²) in [6.45, 7) is 2.80. The van der Waals surface area contributed by atoms with E-state index < -0.39 is 0 Å². The van der Waals surface area contributed by atoms with E-state index in [9.17, 15) is 0 Å². The van der Waals surface area contributed by atoms with E-state index in [0.717, 1.165) is 23.5 Å². The Bertz CT molecular complexity index is 694. The highest BCUT2D eigenvalue weighted by molar-refractivity contribution is 5.70. The van der Waals surface area contributed by atoms with Crippen molar-refractivity contribution in [1.29, 1.82) is 0 Å². The molecule has 100 valence electrons. The zero-order chi connectivity index (χ0) is 13.8. The minimum absolute atomic E-state index is 0.466. The highest BCUT2D eigenvalue weighted by atomic mass is 16.5. The van der Waals surface area contributed by atoms with Crippen molar-refractivity contribution in [3.63, 3.8) is 0 Å². The quantitative estimate of drug-likeness (QED) is 0.785. The summed E-state index contributed by atoms with van der Waals surface area (Å²) in [5.74, 6) is 1.79. The van der Waals surface area contributed by atoms with E-state index in [1.54, 1.807) is 6.20 Å². The molecule has 0 spiro atoms. The highest BCUT2D eigenvalue weighted by Gasteiger charge is 2.14. The molecule has 2 heterocycles. The van der Waals surface area contributed by atoms with E-state index in [1.165, 1.54) is 0 Å². The van der Waals surface area contributed by atoms with Gasteiger partial charge >= 0.3 is 0 Å². The molecule has 0 aliphatic rings. The SMILES string of the molecule is CCNc1ncccc1-c1nc(-c2ccccc2)no1. The van der Waals surface area contributed by atoms with Gasteiger partial charge in [0.05, 0.1) is 5.56 Å². The molecule has 0 amide bonds. The standard InChI is InChI=1S/C15H14N4O/c1-2-16-14-12(9-6-10-17-14)15-18-13(19-20-15)11-7-4-3-5-8-11/h3-10H,2H2,1H3,(H,16,17). The van der Waals surface area contributed by atoms with Crippen LogP contribution in [0.4, 0.5) is 5.82 Å². The average molecular weight is 266 g/mol. The van der Waals surface area contributed by atoms with Crippen LogP contribution in [0.5, 0.6) is 0 Å². The smallest absolute Gasteiger partial charge is 0.261 e. The largest absolute Gasteiger partial charge is 0.370 e. The van der Waals surface area contributed by atoms with Gasteiger partial charge in [-0.1, -0.05) is 35.5 Å². The molecule has 3 rings (SSSR count). The Morgan fingerprint density at radius 3 is 2.75 bits per heavy atom. The van der Waals surface area contributed by atoms with E-state index in [1.807, 2.05) is 49.4 Å². The summed E-state index contributed by atoms with van der Waals surface area (Å²) in [7, 11) is 0. The molecule has 0 unspecified atom stereocenters. The Morgan fingerprint density at radius 1 is 1.10 bits per heavy atom. The first-order valence-corrected chi connectivity index (χ1v) is 6.47. The summed E-state index contributed by atoms with van der Waals surface area (Å²) < 4.78 is 5.35. The minimum Gasteiger partial charge on any atom is -0.370 e. The molecular weight excluding hydrogens is 252 g/mol. The molecule has 2 aromatic heterocycles. The van der Waals surface area contributed by atoms with Crippen LogP contribution in [0, 0.1) is 0 Å². The minimum atomic E-state index is 0.466. The lowest BCUT2D eigenvalue weighted by Crippen LogP contribution is -2.00. The van der Waals surface area contributed by atoms with Crippen molar-refractivity contribution in [3.8, 4) is 22.8 Å². The third-order valence-corrected chi connectivity index (χ3v) is 2.84. The van der Waals surface area contributed by atoms with Crippen molar-refractivity contribution in [2.24, 2.45) is 0 Å². The third kappa shape index (κ3) is 2.38. The lowest BCUT2D eigenvalue weighted by atomic mass is 10.2. The third-order valence-electron chi connectivity index (χ3n) is 2.84. The fraction of sp³-hybridized carbons (Fsp3) is 0.133. The van der Waals surface area contributed by atoms with E-state index in [0.29, 0.717) is 11.7 Å². The fourth-order valence-electron chi connectivity index (χ4n) is 1.92. The van der Waals surface area contributed by atoms with Crippen molar-refractivity contribution in [1.82, 2.24) is 15.1 Å². The summed E-state index contributed by atoms with van der Waals surface area (Å²) >= 11 is 0. The summed E-state index contributed by atoms with van der Waals surface area (Å²) in [4.78, 5) is 8.72. The van der Waals surface area contributed by atoms with E-state index in [4.69, 9.17) is 4.52 Å². The van der Waals surface area contributed by atoms with Crippen molar-refractivity contribution < 1.29 is 4.52 Å². The molecule has 0 radical (unpaired) electrons. The Labute approximate surface area is 116 Å². The number of anilines is 1. The molecule has 0 atom stereocenters. The first kappa shape index (κ1) is 12.3. The number of nitrogens with one attached hydrogen (secondary N) is 1. The van der Waals surface area contributed by atoms with Crippen LogP contribution in [0.2, 0.25) is 0 Å². The maximum atomic E-state index is 5.35. The Morgan fingerprint density at radius 2 is 1.95 bits per heavy atom. The van der Waals surface area contributed by atoms with Crippen LogP contribution in [-0.2, 0) is 0 Å². The molecule has 0 saturated heterocycles. The normalized spacial score (nSPS) is 10.4. The van der Waals surface area contributed by atoms with Crippen LogP contribution < -0.4 is 5.32 Å². The first-order chi connectivity index (χ1) is 9.88.